The standard InChI is InChI=1S/C64H45N/c1-64(56-20-3-2-4-21-56)60-25-10-9-24-59(60)63-61(64)26-13-27-62(63)65(57-22-11-18-52(42-57)46-28-32-48(33-29-46)54-38-36-44-14-5-7-16-50(44)40-54)58-23-12-19-53(43-58)47-30-34-49(35-31-47)55-39-37-45-15-6-8-17-51(45)41-55/h2-43H,1H3. The second kappa shape index (κ2) is 15.8. The molecule has 1 aliphatic rings. The number of anilines is 3. The highest BCUT2D eigenvalue weighted by atomic mass is 15.1. The highest BCUT2D eigenvalue weighted by molar-refractivity contribution is 5.97. The summed E-state index contributed by atoms with van der Waals surface area (Å²) in [4.78, 5) is 2.48. The first kappa shape index (κ1) is 38.4. The maximum atomic E-state index is 2.48. The first-order valence-electron chi connectivity index (χ1n) is 22.6. The summed E-state index contributed by atoms with van der Waals surface area (Å²) in [6.45, 7) is 2.39. The lowest BCUT2D eigenvalue weighted by molar-refractivity contribution is 0.714. The summed E-state index contributed by atoms with van der Waals surface area (Å²) in [6.07, 6.45) is 0. The Morgan fingerprint density at radius 2 is 0.708 bits per heavy atom. The lowest BCUT2D eigenvalue weighted by Crippen LogP contribution is -2.22. The highest BCUT2D eigenvalue weighted by Gasteiger charge is 2.42. The quantitative estimate of drug-likeness (QED) is 0.147. The Kier molecular flexibility index (Phi) is 9.35. The van der Waals surface area contributed by atoms with Gasteiger partial charge in [0.25, 0.3) is 0 Å². The van der Waals surface area contributed by atoms with Gasteiger partial charge >= 0.3 is 0 Å². The summed E-state index contributed by atoms with van der Waals surface area (Å²) >= 11 is 0. The fourth-order valence-corrected chi connectivity index (χ4v) is 10.3. The van der Waals surface area contributed by atoms with Crippen LogP contribution in [-0.4, -0.2) is 0 Å². The van der Waals surface area contributed by atoms with Gasteiger partial charge in [-0.25, -0.2) is 0 Å². The van der Waals surface area contributed by atoms with E-state index in [-0.39, 0.29) is 5.41 Å². The average molecular weight is 828 g/mol. The van der Waals surface area contributed by atoms with Crippen molar-refractivity contribution in [1.82, 2.24) is 0 Å². The predicted molar refractivity (Wildman–Crippen MR) is 275 cm³/mol. The predicted octanol–water partition coefficient (Wildman–Crippen LogP) is 17.5. The minimum Gasteiger partial charge on any atom is -0.310 e. The first-order chi connectivity index (χ1) is 32.1. The van der Waals surface area contributed by atoms with Crippen molar-refractivity contribution in [1.29, 1.82) is 0 Å². The van der Waals surface area contributed by atoms with Gasteiger partial charge in [0.15, 0.2) is 0 Å². The molecule has 0 spiro atoms. The lowest BCUT2D eigenvalue weighted by Gasteiger charge is -2.31. The zero-order chi connectivity index (χ0) is 43.3. The number of nitrogens with zero attached hydrogens (tertiary/aromatic N) is 1. The molecular weight excluding hydrogens is 783 g/mol. The van der Waals surface area contributed by atoms with Gasteiger partial charge in [-0.3, -0.25) is 0 Å². The van der Waals surface area contributed by atoms with E-state index in [0.29, 0.717) is 0 Å². The summed E-state index contributed by atoms with van der Waals surface area (Å²) in [5.74, 6) is 0. The Balaban J connectivity index is 0.978. The molecule has 0 saturated carbocycles. The molecule has 0 N–H and O–H groups in total. The summed E-state index contributed by atoms with van der Waals surface area (Å²) in [7, 11) is 0. The zero-order valence-corrected chi connectivity index (χ0v) is 36.2. The van der Waals surface area contributed by atoms with Crippen molar-refractivity contribution in [2.75, 3.05) is 4.90 Å². The molecule has 0 aliphatic heterocycles. The summed E-state index contributed by atoms with van der Waals surface area (Å²) in [5, 5.41) is 5.02. The van der Waals surface area contributed by atoms with E-state index in [2.05, 4.69) is 267 Å². The van der Waals surface area contributed by atoms with Crippen LogP contribution in [0.15, 0.2) is 255 Å². The van der Waals surface area contributed by atoms with Gasteiger partial charge in [0.05, 0.1) is 5.69 Å². The van der Waals surface area contributed by atoms with E-state index in [1.54, 1.807) is 0 Å². The van der Waals surface area contributed by atoms with Gasteiger partial charge in [-0.05, 0) is 138 Å². The third-order valence-electron chi connectivity index (χ3n) is 13.7. The van der Waals surface area contributed by atoms with Gasteiger partial charge in [0, 0.05) is 22.4 Å². The van der Waals surface area contributed by atoms with E-state index >= 15 is 0 Å². The van der Waals surface area contributed by atoms with Gasteiger partial charge in [0.1, 0.15) is 0 Å². The highest BCUT2D eigenvalue weighted by Crippen LogP contribution is 2.57. The van der Waals surface area contributed by atoms with E-state index in [4.69, 9.17) is 0 Å². The molecule has 0 fully saturated rings. The minimum absolute atomic E-state index is 0.321. The molecule has 1 atom stereocenters. The zero-order valence-electron chi connectivity index (χ0n) is 36.2. The molecule has 1 nitrogen and oxygen atoms in total. The van der Waals surface area contributed by atoms with Gasteiger partial charge in [-0.2, -0.15) is 0 Å². The van der Waals surface area contributed by atoms with Crippen molar-refractivity contribution in [2.45, 2.75) is 12.3 Å². The van der Waals surface area contributed by atoms with Crippen molar-refractivity contribution in [3.05, 3.63) is 271 Å². The molecule has 1 unspecified atom stereocenters. The lowest BCUT2D eigenvalue weighted by atomic mass is 9.74. The smallest absolute Gasteiger partial charge is 0.0543 e. The number of benzene rings is 11. The molecule has 11 aromatic carbocycles. The maximum Gasteiger partial charge on any atom is 0.0543 e. The molecule has 0 amide bonds. The SMILES string of the molecule is CC1(c2ccccc2)c2ccccc2-c2c(N(c3cccc(-c4ccc(-c5ccc6ccccc6c5)cc4)c3)c3cccc(-c4ccc(-c5ccc6ccccc6c5)cc4)c3)cccc21. The van der Waals surface area contributed by atoms with Gasteiger partial charge < -0.3 is 4.90 Å². The number of hydrogen-bond donors (Lipinski definition) is 0. The van der Waals surface area contributed by atoms with Crippen LogP contribution in [0.5, 0.6) is 0 Å². The normalized spacial score (nSPS) is 14.0. The Labute approximate surface area is 381 Å². The van der Waals surface area contributed by atoms with Crippen LogP contribution in [0.4, 0.5) is 17.1 Å². The number of hydrogen-bond acceptors (Lipinski definition) is 1. The Morgan fingerprint density at radius 1 is 0.292 bits per heavy atom. The first-order valence-corrected chi connectivity index (χ1v) is 22.6. The van der Waals surface area contributed by atoms with Gasteiger partial charge in [-0.1, -0.05) is 212 Å². The maximum absolute atomic E-state index is 2.48. The fraction of sp³-hybridized carbons (Fsp3) is 0.0312. The molecule has 0 bridgehead atoms. The summed E-state index contributed by atoms with van der Waals surface area (Å²) in [5.41, 5.74) is 19.1. The Bertz CT molecular complexity index is 3380. The molecule has 1 aliphatic carbocycles. The van der Waals surface area contributed by atoms with Crippen LogP contribution in [-0.2, 0) is 5.41 Å². The van der Waals surface area contributed by atoms with Crippen molar-refractivity contribution < 1.29 is 0 Å². The molecule has 11 aromatic rings. The molecule has 0 heterocycles. The third-order valence-corrected chi connectivity index (χ3v) is 13.7. The van der Waals surface area contributed by atoms with Crippen molar-refractivity contribution >= 4 is 38.6 Å². The molecular formula is C64H45N. The second-order valence-electron chi connectivity index (χ2n) is 17.5. The molecule has 306 valence electrons. The van der Waals surface area contributed by atoms with E-state index in [1.807, 2.05) is 0 Å². The minimum atomic E-state index is -0.321. The average Bonchev–Trinajstić information content (AvgIpc) is 3.65. The van der Waals surface area contributed by atoms with Crippen LogP contribution in [0.3, 0.4) is 0 Å². The van der Waals surface area contributed by atoms with E-state index in [0.717, 1.165) is 17.1 Å². The van der Waals surface area contributed by atoms with E-state index < -0.39 is 0 Å². The Hall–Kier alpha value is -8.26. The monoisotopic (exact) mass is 827 g/mol. The largest absolute Gasteiger partial charge is 0.310 e. The molecule has 0 saturated heterocycles. The van der Waals surface area contributed by atoms with Crippen LogP contribution in [0.25, 0.3) is 77.2 Å². The van der Waals surface area contributed by atoms with Crippen molar-refractivity contribution in [2.24, 2.45) is 0 Å². The third kappa shape index (κ3) is 6.72. The van der Waals surface area contributed by atoms with E-state index in [1.165, 1.54) is 93.9 Å². The molecule has 1 heteroatoms. The molecule has 0 radical (unpaired) electrons. The molecule has 0 aromatic heterocycles. The second-order valence-corrected chi connectivity index (χ2v) is 17.5. The summed E-state index contributed by atoms with van der Waals surface area (Å²) < 4.78 is 0. The number of fused-ring (bicyclic) bond motifs is 5. The fourth-order valence-electron chi connectivity index (χ4n) is 10.3. The van der Waals surface area contributed by atoms with Gasteiger partial charge in [0.2, 0.25) is 0 Å². The van der Waals surface area contributed by atoms with Crippen LogP contribution in [0.1, 0.15) is 23.6 Å². The summed E-state index contributed by atoms with van der Waals surface area (Å²) in [6, 6.07) is 93.6. The topological polar surface area (TPSA) is 3.24 Å². The van der Waals surface area contributed by atoms with Crippen molar-refractivity contribution in [3.8, 4) is 55.6 Å². The Morgan fingerprint density at radius 3 is 1.25 bits per heavy atom. The van der Waals surface area contributed by atoms with Crippen molar-refractivity contribution in [3.63, 3.8) is 0 Å². The van der Waals surface area contributed by atoms with E-state index in [9.17, 15) is 0 Å². The van der Waals surface area contributed by atoms with Crippen LogP contribution >= 0.6 is 0 Å². The number of rotatable bonds is 8. The molecule has 65 heavy (non-hydrogen) atoms. The molecule has 12 rings (SSSR count). The van der Waals surface area contributed by atoms with Crippen LogP contribution < -0.4 is 4.90 Å². The van der Waals surface area contributed by atoms with Crippen LogP contribution in [0.2, 0.25) is 0 Å². The van der Waals surface area contributed by atoms with Crippen LogP contribution in [0, 0.1) is 0 Å². The van der Waals surface area contributed by atoms with Gasteiger partial charge in [-0.15, -0.1) is 0 Å².